The monoisotopic (exact) mass is 528 g/mol. The molecular formula is C22H45O10PSi. The summed E-state index contributed by atoms with van der Waals surface area (Å²) in [4.78, 5) is 25.3. The Labute approximate surface area is 205 Å². The van der Waals surface area contributed by atoms with E-state index in [1.54, 1.807) is 14.0 Å². The maximum absolute atomic E-state index is 13.2. The predicted octanol–water partition coefficient (Wildman–Crippen LogP) is 4.17. The third-order valence-electron chi connectivity index (χ3n) is 6.21. The molecule has 34 heavy (non-hydrogen) atoms. The molecule has 0 aliphatic heterocycles. The summed E-state index contributed by atoms with van der Waals surface area (Å²) in [6.07, 6.45) is -0.351. The zero-order chi connectivity index (χ0) is 26.6. The molecule has 202 valence electrons. The van der Waals surface area contributed by atoms with Crippen LogP contribution in [0.2, 0.25) is 18.1 Å². The molecule has 0 aromatic carbocycles. The summed E-state index contributed by atoms with van der Waals surface area (Å²) in [5.41, 5.74) is -1.37. The molecule has 0 heterocycles. The summed E-state index contributed by atoms with van der Waals surface area (Å²) >= 11 is 0. The molecule has 0 rings (SSSR count). The number of carbonyl (C=O) groups excluding carboxylic acids is 2. The first kappa shape index (κ1) is 33.3. The van der Waals surface area contributed by atoms with Gasteiger partial charge >= 0.3 is 13.6 Å². The Balaban J connectivity index is 5.67. The number of rotatable bonds is 18. The van der Waals surface area contributed by atoms with Gasteiger partial charge in [0.25, 0.3) is 0 Å². The summed E-state index contributed by atoms with van der Waals surface area (Å²) in [6, 6.07) is 0. The minimum absolute atomic E-state index is 0.0479. The lowest BCUT2D eigenvalue weighted by Crippen LogP contribution is -2.46. The Kier molecular flexibility index (Phi) is 14.5. The smallest absolute Gasteiger partial charge is 0.337 e. The van der Waals surface area contributed by atoms with Crippen molar-refractivity contribution in [2.75, 3.05) is 54.6 Å². The average Bonchev–Trinajstić information content (AvgIpc) is 2.76. The van der Waals surface area contributed by atoms with E-state index in [1.807, 2.05) is 0 Å². The number of Topliss-reactive ketones (excluding diaryl/α,β-unsaturated/α-hetero) is 1. The highest BCUT2D eigenvalue weighted by molar-refractivity contribution is 7.54. The third kappa shape index (κ3) is 11.4. The number of hydrogen-bond donors (Lipinski definition) is 0. The van der Waals surface area contributed by atoms with Crippen LogP contribution < -0.4 is 0 Å². The summed E-state index contributed by atoms with van der Waals surface area (Å²) in [5.74, 6) is -0.858. The van der Waals surface area contributed by atoms with E-state index < -0.39 is 45.5 Å². The van der Waals surface area contributed by atoms with E-state index in [2.05, 4.69) is 33.9 Å². The molecule has 0 aliphatic carbocycles. The van der Waals surface area contributed by atoms with Gasteiger partial charge in [0.05, 0.1) is 32.8 Å². The molecule has 0 amide bonds. The second kappa shape index (κ2) is 14.8. The van der Waals surface area contributed by atoms with Crippen molar-refractivity contribution < 1.29 is 46.6 Å². The van der Waals surface area contributed by atoms with Crippen LogP contribution in [0.3, 0.4) is 0 Å². The number of carbonyl (C=O) groups is 2. The molecule has 10 nitrogen and oxygen atoms in total. The normalized spacial score (nSPS) is 15.6. The number of ether oxygens (including phenoxy) is 4. The van der Waals surface area contributed by atoms with Crippen molar-refractivity contribution in [1.82, 2.24) is 0 Å². The van der Waals surface area contributed by atoms with Gasteiger partial charge < -0.3 is 32.4 Å². The fourth-order valence-corrected chi connectivity index (χ4v) is 5.20. The van der Waals surface area contributed by atoms with E-state index >= 15 is 0 Å². The van der Waals surface area contributed by atoms with Gasteiger partial charge in [0.2, 0.25) is 0 Å². The second-order valence-electron chi connectivity index (χ2n) is 9.77. The second-order valence-corrected chi connectivity index (χ2v) is 16.8. The zero-order valence-electron chi connectivity index (χ0n) is 22.6. The number of ketones is 1. The van der Waals surface area contributed by atoms with Gasteiger partial charge in [-0.15, -0.1) is 0 Å². The van der Waals surface area contributed by atoms with Crippen LogP contribution >= 0.6 is 7.60 Å². The molecule has 0 bridgehead atoms. The van der Waals surface area contributed by atoms with Crippen molar-refractivity contribution in [1.29, 1.82) is 0 Å². The first-order valence-electron chi connectivity index (χ1n) is 11.3. The van der Waals surface area contributed by atoms with Gasteiger partial charge in [-0.05, 0) is 37.9 Å². The van der Waals surface area contributed by atoms with Crippen LogP contribution in [0.25, 0.3) is 0 Å². The van der Waals surface area contributed by atoms with Crippen LogP contribution in [0, 0.1) is 0 Å². The third-order valence-corrected chi connectivity index (χ3v) is 12.5. The quantitative estimate of drug-likeness (QED) is 0.0843. The Morgan fingerprint density at radius 3 is 2.03 bits per heavy atom. The highest BCUT2D eigenvalue weighted by Gasteiger charge is 2.42. The van der Waals surface area contributed by atoms with Gasteiger partial charge in [-0.2, -0.15) is 0 Å². The molecule has 0 fully saturated rings. The highest BCUT2D eigenvalue weighted by atomic mass is 31.2. The molecule has 0 spiro atoms. The minimum atomic E-state index is -3.60. The Morgan fingerprint density at radius 2 is 1.56 bits per heavy atom. The van der Waals surface area contributed by atoms with Gasteiger partial charge in [-0.25, -0.2) is 0 Å². The lowest BCUT2D eigenvalue weighted by molar-refractivity contribution is -0.166. The van der Waals surface area contributed by atoms with Crippen molar-refractivity contribution in [2.24, 2.45) is 0 Å². The Hall–Kier alpha value is -0.653. The molecule has 0 aliphatic rings. The van der Waals surface area contributed by atoms with Gasteiger partial charge in [0, 0.05) is 21.3 Å². The van der Waals surface area contributed by atoms with Gasteiger partial charge in [-0.1, -0.05) is 20.8 Å². The molecule has 0 aromatic rings. The summed E-state index contributed by atoms with van der Waals surface area (Å²) in [7, 11) is -0.494. The highest BCUT2D eigenvalue weighted by Crippen LogP contribution is 2.47. The van der Waals surface area contributed by atoms with Crippen molar-refractivity contribution in [3.05, 3.63) is 0 Å². The van der Waals surface area contributed by atoms with Crippen molar-refractivity contribution in [2.45, 2.75) is 76.8 Å². The molecule has 0 radical (unpaired) electrons. The van der Waals surface area contributed by atoms with Gasteiger partial charge in [0.1, 0.15) is 18.6 Å². The Bertz CT molecular complexity index is 671. The van der Waals surface area contributed by atoms with Crippen LogP contribution in [0.4, 0.5) is 0 Å². The van der Waals surface area contributed by atoms with Crippen molar-refractivity contribution in [3.63, 3.8) is 0 Å². The van der Waals surface area contributed by atoms with E-state index in [0.717, 1.165) is 0 Å². The summed E-state index contributed by atoms with van der Waals surface area (Å²) in [6.45, 7) is 12.6. The molecule has 0 unspecified atom stereocenters. The Morgan fingerprint density at radius 1 is 0.971 bits per heavy atom. The van der Waals surface area contributed by atoms with E-state index in [0.29, 0.717) is 13.0 Å². The van der Waals surface area contributed by atoms with Gasteiger partial charge in [-0.3, -0.25) is 14.2 Å². The fourth-order valence-electron chi connectivity index (χ4n) is 2.71. The fraction of sp³-hybridized carbons (Fsp3) is 0.909. The van der Waals surface area contributed by atoms with Gasteiger partial charge in [0.15, 0.2) is 14.1 Å². The molecule has 12 heteroatoms. The van der Waals surface area contributed by atoms with Crippen molar-refractivity contribution >= 4 is 27.7 Å². The average molecular weight is 529 g/mol. The SMILES string of the molecule is COCCOCO[C@](C)(CC[C@H](CC(=O)OC)O[Si](C)(C)C(C)(C)C)C(=O)CP(=O)(OC)OC. The summed E-state index contributed by atoms with van der Waals surface area (Å²) in [5, 5.41) is -0.0737. The van der Waals surface area contributed by atoms with Crippen LogP contribution in [0.15, 0.2) is 0 Å². The largest absolute Gasteiger partial charge is 0.469 e. The number of methoxy groups -OCH3 is 2. The number of esters is 1. The van der Waals surface area contributed by atoms with E-state index in [9.17, 15) is 14.2 Å². The first-order valence-corrected chi connectivity index (χ1v) is 15.9. The molecule has 0 saturated heterocycles. The lowest BCUT2D eigenvalue weighted by Gasteiger charge is -2.40. The van der Waals surface area contributed by atoms with Crippen LogP contribution in [0.5, 0.6) is 0 Å². The minimum Gasteiger partial charge on any atom is -0.469 e. The maximum atomic E-state index is 13.2. The van der Waals surface area contributed by atoms with E-state index in [4.69, 9.17) is 32.4 Å². The van der Waals surface area contributed by atoms with Crippen LogP contribution in [-0.4, -0.2) is 86.4 Å². The molecular weight excluding hydrogens is 483 g/mol. The van der Waals surface area contributed by atoms with E-state index in [-0.39, 0.29) is 31.3 Å². The molecule has 0 aromatic heterocycles. The molecule has 0 saturated carbocycles. The molecule has 0 N–H and O–H groups in total. The molecule has 2 atom stereocenters. The standard InChI is InChI=1S/C22H45O10PSi/c1-21(2,3)34(9,10)32-18(15-20(24)27-6)11-12-22(4,31-17-30-14-13-26-5)19(23)16-33(25,28-7)29-8/h18H,11-17H2,1-10H3/t18-,22-/m1/s1. The van der Waals surface area contributed by atoms with Crippen molar-refractivity contribution in [3.8, 4) is 0 Å². The van der Waals surface area contributed by atoms with Crippen LogP contribution in [-0.2, 0) is 46.6 Å². The first-order chi connectivity index (χ1) is 15.6. The predicted molar refractivity (Wildman–Crippen MR) is 132 cm³/mol. The number of hydrogen-bond acceptors (Lipinski definition) is 10. The maximum Gasteiger partial charge on any atom is 0.337 e. The topological polar surface area (TPSA) is 116 Å². The summed E-state index contributed by atoms with van der Waals surface area (Å²) < 4.78 is 50.0. The van der Waals surface area contributed by atoms with E-state index in [1.165, 1.54) is 21.3 Å². The van der Waals surface area contributed by atoms with Crippen LogP contribution in [0.1, 0.15) is 47.0 Å². The zero-order valence-corrected chi connectivity index (χ0v) is 24.5. The lowest BCUT2D eigenvalue weighted by atomic mass is 9.93.